The average molecular weight is 262 g/mol. The van der Waals surface area contributed by atoms with Crippen LogP contribution in [-0.4, -0.2) is 31.6 Å². The van der Waals surface area contributed by atoms with E-state index in [1.165, 1.54) is 36.9 Å². The van der Waals surface area contributed by atoms with Gasteiger partial charge >= 0.3 is 0 Å². The Morgan fingerprint density at radius 1 is 1.11 bits per heavy atom. The summed E-state index contributed by atoms with van der Waals surface area (Å²) < 4.78 is 0. The molecule has 1 aromatic carbocycles. The molecule has 0 heterocycles. The largest absolute Gasteiger partial charge is 0.309 e. The zero-order valence-electron chi connectivity index (χ0n) is 13.1. The van der Waals surface area contributed by atoms with Crippen molar-refractivity contribution < 1.29 is 0 Å². The zero-order valence-corrected chi connectivity index (χ0v) is 13.1. The summed E-state index contributed by atoms with van der Waals surface area (Å²) in [7, 11) is 2.23. The summed E-state index contributed by atoms with van der Waals surface area (Å²) in [5.41, 5.74) is 2.73. The summed E-state index contributed by atoms with van der Waals surface area (Å²) in [4.78, 5) is 2.45. The Balaban J connectivity index is 2.54. The van der Waals surface area contributed by atoms with Crippen molar-refractivity contribution in [2.45, 2.75) is 46.1 Å². The van der Waals surface area contributed by atoms with Crippen LogP contribution in [0.1, 0.15) is 50.3 Å². The van der Waals surface area contributed by atoms with Crippen molar-refractivity contribution in [3.05, 3.63) is 35.4 Å². The van der Waals surface area contributed by atoms with Gasteiger partial charge in [-0.25, -0.2) is 0 Å². The monoisotopic (exact) mass is 262 g/mol. The van der Waals surface area contributed by atoms with E-state index in [9.17, 15) is 0 Å². The first-order valence-electron chi connectivity index (χ1n) is 7.65. The van der Waals surface area contributed by atoms with Gasteiger partial charge in [-0.2, -0.15) is 0 Å². The molecular weight excluding hydrogens is 232 g/mol. The quantitative estimate of drug-likeness (QED) is 0.682. The van der Waals surface area contributed by atoms with Crippen LogP contribution in [-0.2, 0) is 0 Å². The molecule has 0 aliphatic carbocycles. The van der Waals surface area contributed by atoms with Crippen LogP contribution in [0.25, 0.3) is 0 Å². The Morgan fingerprint density at radius 3 is 2.37 bits per heavy atom. The lowest BCUT2D eigenvalue weighted by atomic mass is 10.0. The van der Waals surface area contributed by atoms with E-state index in [2.05, 4.69) is 62.3 Å². The van der Waals surface area contributed by atoms with Gasteiger partial charge < -0.3 is 10.2 Å². The van der Waals surface area contributed by atoms with Crippen molar-refractivity contribution in [1.29, 1.82) is 0 Å². The van der Waals surface area contributed by atoms with E-state index in [-0.39, 0.29) is 0 Å². The Morgan fingerprint density at radius 2 is 1.79 bits per heavy atom. The third kappa shape index (κ3) is 6.22. The minimum Gasteiger partial charge on any atom is -0.309 e. The smallest absolute Gasteiger partial charge is 0.0449 e. The maximum absolute atomic E-state index is 3.60. The Kier molecular flexibility index (Phi) is 7.76. The number of nitrogens with one attached hydrogen (secondary N) is 1. The van der Waals surface area contributed by atoms with E-state index in [0.29, 0.717) is 6.04 Å². The maximum atomic E-state index is 3.60. The van der Waals surface area contributed by atoms with Crippen molar-refractivity contribution in [2.24, 2.45) is 0 Å². The maximum Gasteiger partial charge on any atom is 0.0449 e. The third-order valence-corrected chi connectivity index (χ3v) is 3.57. The summed E-state index contributed by atoms with van der Waals surface area (Å²) in [5, 5.41) is 3.60. The summed E-state index contributed by atoms with van der Waals surface area (Å²) in [6.45, 7) is 9.87. The lowest BCUT2D eigenvalue weighted by molar-refractivity contribution is 0.286. The van der Waals surface area contributed by atoms with Crippen LogP contribution in [0.5, 0.6) is 0 Å². The third-order valence-electron chi connectivity index (χ3n) is 3.57. The van der Waals surface area contributed by atoms with Gasteiger partial charge in [-0.15, -0.1) is 0 Å². The standard InChI is InChI=1S/C17H30N2/c1-5-7-8-13-19(4)14-17(18-6-2)16-11-9-15(3)10-12-16/h9-12,17-18H,5-8,13-14H2,1-4H3. The summed E-state index contributed by atoms with van der Waals surface area (Å²) >= 11 is 0. The molecule has 1 rings (SSSR count). The number of aryl methyl sites for hydroxylation is 1. The molecule has 2 nitrogen and oxygen atoms in total. The van der Waals surface area contributed by atoms with Gasteiger partial charge in [-0.3, -0.25) is 0 Å². The van der Waals surface area contributed by atoms with Gasteiger partial charge in [0.25, 0.3) is 0 Å². The van der Waals surface area contributed by atoms with Gasteiger partial charge in [0.1, 0.15) is 0 Å². The number of benzene rings is 1. The van der Waals surface area contributed by atoms with E-state index >= 15 is 0 Å². The van der Waals surface area contributed by atoms with Gasteiger partial charge in [-0.1, -0.05) is 56.5 Å². The SMILES string of the molecule is CCCCCN(C)CC(NCC)c1ccc(C)cc1. The molecule has 0 aliphatic rings. The Hall–Kier alpha value is -0.860. The molecule has 108 valence electrons. The number of hydrogen-bond donors (Lipinski definition) is 1. The lowest BCUT2D eigenvalue weighted by Crippen LogP contribution is -2.33. The molecule has 2 heteroatoms. The molecule has 1 N–H and O–H groups in total. The molecule has 0 amide bonds. The van der Waals surface area contributed by atoms with Crippen LogP contribution in [0.2, 0.25) is 0 Å². The first kappa shape index (κ1) is 16.2. The predicted octanol–water partition coefficient (Wildman–Crippen LogP) is 3.77. The number of rotatable bonds is 9. The average Bonchev–Trinajstić information content (AvgIpc) is 2.39. The highest BCUT2D eigenvalue weighted by Crippen LogP contribution is 2.15. The topological polar surface area (TPSA) is 15.3 Å². The molecular formula is C17H30N2. The van der Waals surface area contributed by atoms with Crippen molar-refractivity contribution in [3.63, 3.8) is 0 Å². The molecule has 0 radical (unpaired) electrons. The van der Waals surface area contributed by atoms with Crippen LogP contribution in [0, 0.1) is 6.92 Å². The number of likely N-dealkylation sites (N-methyl/N-ethyl adjacent to an activating group) is 2. The molecule has 0 saturated carbocycles. The number of nitrogens with zero attached hydrogens (tertiary/aromatic N) is 1. The molecule has 0 aromatic heterocycles. The fraction of sp³-hybridized carbons (Fsp3) is 0.647. The van der Waals surface area contributed by atoms with Gasteiger partial charge in [-0.05, 0) is 39.0 Å². The van der Waals surface area contributed by atoms with Crippen LogP contribution in [0.15, 0.2) is 24.3 Å². The molecule has 1 atom stereocenters. The van der Waals surface area contributed by atoms with Crippen LogP contribution in [0.3, 0.4) is 0 Å². The Bertz CT molecular complexity index is 332. The first-order valence-corrected chi connectivity index (χ1v) is 7.65. The highest BCUT2D eigenvalue weighted by Gasteiger charge is 2.12. The second-order valence-corrected chi connectivity index (χ2v) is 5.49. The van der Waals surface area contributed by atoms with E-state index in [0.717, 1.165) is 13.1 Å². The van der Waals surface area contributed by atoms with E-state index in [1.54, 1.807) is 0 Å². The highest BCUT2D eigenvalue weighted by atomic mass is 15.1. The molecule has 0 saturated heterocycles. The minimum atomic E-state index is 0.442. The van der Waals surface area contributed by atoms with Crippen molar-refractivity contribution in [2.75, 3.05) is 26.7 Å². The number of unbranched alkanes of at least 4 members (excludes halogenated alkanes) is 2. The van der Waals surface area contributed by atoms with Gasteiger partial charge in [0.05, 0.1) is 0 Å². The zero-order chi connectivity index (χ0) is 14.1. The van der Waals surface area contributed by atoms with Crippen molar-refractivity contribution in [1.82, 2.24) is 10.2 Å². The van der Waals surface area contributed by atoms with Gasteiger partial charge in [0, 0.05) is 12.6 Å². The van der Waals surface area contributed by atoms with Crippen LogP contribution < -0.4 is 5.32 Å². The van der Waals surface area contributed by atoms with Crippen molar-refractivity contribution in [3.8, 4) is 0 Å². The Labute approximate surface area is 119 Å². The van der Waals surface area contributed by atoms with E-state index in [4.69, 9.17) is 0 Å². The minimum absolute atomic E-state index is 0.442. The van der Waals surface area contributed by atoms with Crippen LogP contribution >= 0.6 is 0 Å². The van der Waals surface area contributed by atoms with Crippen LogP contribution in [0.4, 0.5) is 0 Å². The summed E-state index contributed by atoms with van der Waals surface area (Å²) in [6, 6.07) is 9.36. The molecule has 1 unspecified atom stereocenters. The normalized spacial score (nSPS) is 12.9. The fourth-order valence-electron chi connectivity index (χ4n) is 2.37. The van der Waals surface area contributed by atoms with E-state index < -0.39 is 0 Å². The van der Waals surface area contributed by atoms with E-state index in [1.807, 2.05) is 0 Å². The first-order chi connectivity index (χ1) is 9.17. The molecule has 0 bridgehead atoms. The fourth-order valence-corrected chi connectivity index (χ4v) is 2.37. The summed E-state index contributed by atoms with van der Waals surface area (Å²) in [6.07, 6.45) is 3.93. The molecule has 0 fully saturated rings. The summed E-state index contributed by atoms with van der Waals surface area (Å²) in [5.74, 6) is 0. The highest BCUT2D eigenvalue weighted by molar-refractivity contribution is 5.24. The number of hydrogen-bond acceptors (Lipinski definition) is 2. The molecule has 0 aliphatic heterocycles. The molecule has 0 spiro atoms. The van der Waals surface area contributed by atoms with Crippen molar-refractivity contribution >= 4 is 0 Å². The second-order valence-electron chi connectivity index (χ2n) is 5.49. The molecule has 1 aromatic rings. The van der Waals surface area contributed by atoms with Gasteiger partial charge in [0.2, 0.25) is 0 Å². The van der Waals surface area contributed by atoms with Gasteiger partial charge in [0.15, 0.2) is 0 Å². The lowest BCUT2D eigenvalue weighted by Gasteiger charge is -2.25. The molecule has 19 heavy (non-hydrogen) atoms. The predicted molar refractivity (Wildman–Crippen MR) is 84.6 cm³/mol. The second kappa shape index (κ2) is 9.11.